The number of anilines is 1. The molecule has 170 valence electrons. The fraction of sp³-hybridized carbons (Fsp3) is 0.120. The van der Waals surface area contributed by atoms with E-state index in [0.717, 1.165) is 11.1 Å². The lowest BCUT2D eigenvalue weighted by Gasteiger charge is -2.22. The highest BCUT2D eigenvalue weighted by atomic mass is 35.5. The number of nitrogens with zero attached hydrogens (tertiary/aromatic N) is 3. The lowest BCUT2D eigenvalue weighted by atomic mass is 9.98. The zero-order valence-electron chi connectivity index (χ0n) is 18.2. The van der Waals surface area contributed by atoms with Gasteiger partial charge >= 0.3 is 5.91 Å². The highest BCUT2D eigenvalue weighted by Crippen LogP contribution is 2.41. The van der Waals surface area contributed by atoms with Crippen LogP contribution in [0.3, 0.4) is 0 Å². The first kappa shape index (κ1) is 21.7. The number of hydrogen-bond donors (Lipinski definition) is 2. The van der Waals surface area contributed by atoms with E-state index < -0.39 is 17.7 Å². The van der Waals surface area contributed by atoms with E-state index >= 15 is 0 Å². The molecule has 9 heteroatoms. The Labute approximate surface area is 199 Å². The molecule has 2 N–H and O–H groups in total. The maximum atomic E-state index is 13.3. The predicted molar refractivity (Wildman–Crippen MR) is 128 cm³/mol. The van der Waals surface area contributed by atoms with Gasteiger partial charge in [-0.05, 0) is 55.0 Å². The number of H-pyrrole nitrogens is 1. The molecule has 1 atom stereocenters. The topological polar surface area (TPSA) is 108 Å². The molecule has 2 aromatic heterocycles. The monoisotopic (exact) mass is 474 g/mol. The molecule has 1 aliphatic heterocycles. The van der Waals surface area contributed by atoms with E-state index in [4.69, 9.17) is 16.3 Å². The second kappa shape index (κ2) is 8.31. The van der Waals surface area contributed by atoms with Gasteiger partial charge < -0.3 is 14.8 Å². The number of imidazole rings is 1. The van der Waals surface area contributed by atoms with Crippen molar-refractivity contribution in [2.45, 2.75) is 13.0 Å². The summed E-state index contributed by atoms with van der Waals surface area (Å²) in [7, 11) is 1.45. The van der Waals surface area contributed by atoms with Crippen LogP contribution < -0.4 is 9.64 Å². The number of Topliss-reactive ketones (excluding diaryl/α,β-unsaturated/α-hetero) is 1. The molecule has 0 aliphatic carbocycles. The molecule has 34 heavy (non-hydrogen) atoms. The van der Waals surface area contributed by atoms with E-state index in [1.165, 1.54) is 18.1 Å². The second-order valence-corrected chi connectivity index (χ2v) is 8.26. The van der Waals surface area contributed by atoms with E-state index in [2.05, 4.69) is 15.0 Å². The van der Waals surface area contributed by atoms with Gasteiger partial charge in [-0.1, -0.05) is 23.7 Å². The first-order chi connectivity index (χ1) is 16.4. The van der Waals surface area contributed by atoms with Crippen LogP contribution in [0, 0.1) is 6.92 Å². The van der Waals surface area contributed by atoms with E-state index in [1.807, 2.05) is 25.1 Å². The zero-order chi connectivity index (χ0) is 24.0. The molecular formula is C25H19ClN4O4. The summed E-state index contributed by atoms with van der Waals surface area (Å²) in [6.45, 7) is 1.94. The number of benzene rings is 2. The fourth-order valence-electron chi connectivity index (χ4n) is 4.06. The number of aryl methyl sites for hydroxylation is 1. The van der Waals surface area contributed by atoms with Crippen LogP contribution in [0.4, 0.5) is 5.95 Å². The average molecular weight is 475 g/mol. The number of halogens is 1. The number of methoxy groups -OCH3 is 1. The molecule has 0 bridgehead atoms. The third kappa shape index (κ3) is 3.48. The molecule has 1 fully saturated rings. The van der Waals surface area contributed by atoms with Crippen LogP contribution in [0.15, 0.2) is 66.4 Å². The molecule has 4 aromatic rings. The third-order valence-electron chi connectivity index (χ3n) is 5.69. The highest BCUT2D eigenvalue weighted by Gasteiger charge is 2.48. The van der Waals surface area contributed by atoms with Gasteiger partial charge in [0, 0.05) is 11.8 Å². The molecule has 5 rings (SSSR count). The Morgan fingerprint density at radius 2 is 1.97 bits per heavy atom. The van der Waals surface area contributed by atoms with Gasteiger partial charge in [0.2, 0.25) is 5.95 Å². The van der Waals surface area contributed by atoms with Gasteiger partial charge in [-0.2, -0.15) is 0 Å². The summed E-state index contributed by atoms with van der Waals surface area (Å²) in [6, 6.07) is 14.4. The Morgan fingerprint density at radius 3 is 2.71 bits per heavy atom. The number of aliphatic hydroxyl groups excluding tert-OH is 1. The quantitative estimate of drug-likeness (QED) is 0.255. The highest BCUT2D eigenvalue weighted by molar-refractivity contribution is 6.51. The summed E-state index contributed by atoms with van der Waals surface area (Å²) in [5.74, 6) is -1.53. The lowest BCUT2D eigenvalue weighted by Crippen LogP contribution is -2.30. The smallest absolute Gasteiger partial charge is 0.302 e. The van der Waals surface area contributed by atoms with Crippen molar-refractivity contribution in [3.05, 3.63) is 88.2 Å². The minimum atomic E-state index is -0.996. The van der Waals surface area contributed by atoms with Crippen molar-refractivity contribution in [2.75, 3.05) is 12.0 Å². The maximum Gasteiger partial charge on any atom is 0.302 e. The number of ether oxygens (including phenoxy) is 1. The van der Waals surface area contributed by atoms with Crippen molar-refractivity contribution >= 4 is 46.0 Å². The Bertz CT molecular complexity index is 1480. The lowest BCUT2D eigenvalue weighted by molar-refractivity contribution is -0.132. The summed E-state index contributed by atoms with van der Waals surface area (Å²) in [5.41, 5.74) is 2.96. The van der Waals surface area contributed by atoms with Crippen LogP contribution in [0.1, 0.15) is 22.9 Å². The standard InChI is InChI=1S/C25H19ClN4O4/c1-13-6-9-16-18(11-13)29-25(28-16)30-21(17-5-3-4-10-27-17)20(23(32)24(30)33)22(31)14-7-8-15(26)19(12-14)34-2/h3-12,21,31H,1-2H3,(H,28,29)/b22-20+. The number of carbonyl (C=O) groups is 2. The van der Waals surface area contributed by atoms with Gasteiger partial charge in [-0.15, -0.1) is 0 Å². The largest absolute Gasteiger partial charge is 0.507 e. The van der Waals surface area contributed by atoms with Crippen molar-refractivity contribution in [3.63, 3.8) is 0 Å². The number of ketones is 1. The molecule has 3 heterocycles. The van der Waals surface area contributed by atoms with Crippen molar-refractivity contribution in [1.29, 1.82) is 0 Å². The Hall–Kier alpha value is -4.17. The molecule has 1 saturated heterocycles. The molecule has 8 nitrogen and oxygen atoms in total. The van der Waals surface area contributed by atoms with Crippen LogP contribution in [0.5, 0.6) is 5.75 Å². The number of carbonyl (C=O) groups excluding carboxylic acids is 2. The Morgan fingerprint density at radius 1 is 1.15 bits per heavy atom. The van der Waals surface area contributed by atoms with Crippen molar-refractivity contribution in [2.24, 2.45) is 0 Å². The number of amides is 1. The van der Waals surface area contributed by atoms with E-state index in [1.54, 1.807) is 36.5 Å². The van der Waals surface area contributed by atoms with Crippen molar-refractivity contribution < 1.29 is 19.4 Å². The second-order valence-electron chi connectivity index (χ2n) is 7.85. The number of fused-ring (bicyclic) bond motifs is 1. The number of rotatable bonds is 4. The summed E-state index contributed by atoms with van der Waals surface area (Å²) in [6.07, 6.45) is 1.56. The molecule has 0 spiro atoms. The van der Waals surface area contributed by atoms with Crippen LogP contribution in [0.2, 0.25) is 5.02 Å². The number of pyridine rings is 1. The SMILES string of the molecule is COc1cc(/C(O)=C2\C(=O)C(=O)N(c3nc4ccc(C)cc4[nH]3)C2c2ccccn2)ccc1Cl. The Balaban J connectivity index is 1.72. The van der Waals surface area contributed by atoms with E-state index in [-0.39, 0.29) is 22.8 Å². The van der Waals surface area contributed by atoms with E-state index in [0.29, 0.717) is 22.0 Å². The van der Waals surface area contributed by atoms with Crippen LogP contribution in [-0.2, 0) is 9.59 Å². The summed E-state index contributed by atoms with van der Waals surface area (Å²) >= 11 is 6.12. The molecule has 0 saturated carbocycles. The van der Waals surface area contributed by atoms with Gasteiger partial charge in [0.1, 0.15) is 17.6 Å². The molecule has 1 unspecified atom stereocenters. The van der Waals surface area contributed by atoms with Gasteiger partial charge in [-0.3, -0.25) is 19.5 Å². The molecule has 2 aromatic carbocycles. The van der Waals surface area contributed by atoms with Gasteiger partial charge in [0.15, 0.2) is 0 Å². The van der Waals surface area contributed by atoms with Crippen molar-refractivity contribution in [1.82, 2.24) is 15.0 Å². The third-order valence-corrected chi connectivity index (χ3v) is 6.00. The summed E-state index contributed by atoms with van der Waals surface area (Å²) in [5, 5.41) is 11.6. The average Bonchev–Trinajstić information content (AvgIpc) is 3.37. The predicted octanol–water partition coefficient (Wildman–Crippen LogP) is 4.55. The number of aliphatic hydroxyl groups is 1. The normalized spacial score (nSPS) is 17.5. The Kier molecular flexibility index (Phi) is 5.30. The minimum absolute atomic E-state index is 0.107. The number of aromatic nitrogens is 3. The molecule has 0 radical (unpaired) electrons. The maximum absolute atomic E-state index is 13.3. The molecule has 1 aliphatic rings. The first-order valence-electron chi connectivity index (χ1n) is 10.4. The number of nitrogens with one attached hydrogen (secondary N) is 1. The van der Waals surface area contributed by atoms with E-state index in [9.17, 15) is 14.7 Å². The molecular weight excluding hydrogens is 456 g/mol. The number of aromatic amines is 1. The van der Waals surface area contributed by atoms with Crippen molar-refractivity contribution in [3.8, 4) is 5.75 Å². The van der Waals surface area contributed by atoms with Crippen LogP contribution in [-0.4, -0.2) is 38.9 Å². The molecule has 1 amide bonds. The van der Waals surface area contributed by atoms with Crippen LogP contribution in [0.25, 0.3) is 16.8 Å². The number of hydrogen-bond acceptors (Lipinski definition) is 6. The minimum Gasteiger partial charge on any atom is -0.507 e. The van der Waals surface area contributed by atoms with Crippen LogP contribution >= 0.6 is 11.6 Å². The van der Waals surface area contributed by atoms with Gasteiger partial charge in [0.05, 0.1) is 34.4 Å². The first-order valence-corrected chi connectivity index (χ1v) is 10.8. The fourth-order valence-corrected chi connectivity index (χ4v) is 4.25. The summed E-state index contributed by atoms with van der Waals surface area (Å²) in [4.78, 5) is 39.8. The van der Waals surface area contributed by atoms with Gasteiger partial charge in [-0.25, -0.2) is 4.98 Å². The van der Waals surface area contributed by atoms with Gasteiger partial charge in [0.25, 0.3) is 5.78 Å². The summed E-state index contributed by atoms with van der Waals surface area (Å²) < 4.78 is 5.24. The zero-order valence-corrected chi connectivity index (χ0v) is 19.0.